The summed E-state index contributed by atoms with van der Waals surface area (Å²) < 4.78 is 19.6. The van der Waals surface area contributed by atoms with Crippen molar-refractivity contribution in [2.24, 2.45) is 0 Å². The molecular formula is C19H18Cl2FN3O2. The standard InChI is InChI=1S/C19H18Cl2FN3O2/c1-11(16-13(20)2-3-14(22)17(16)21)27-15-8-12(9-25-18(15)23)4-5-19(26)6-7-24-10-19/h2-3,8-9,11,24,26H,6-7,10H2,1H3,(H2,23,25). The van der Waals surface area contributed by atoms with Gasteiger partial charge in [-0.15, -0.1) is 0 Å². The van der Waals surface area contributed by atoms with Crippen molar-refractivity contribution < 1.29 is 14.2 Å². The number of β-amino-alcohol motifs (C(OH)–C–C–N with tert-alkyl or cyclic N) is 1. The second kappa shape index (κ2) is 7.91. The lowest BCUT2D eigenvalue weighted by Gasteiger charge is -2.19. The molecule has 27 heavy (non-hydrogen) atoms. The van der Waals surface area contributed by atoms with Crippen LogP contribution in [0.3, 0.4) is 0 Å². The van der Waals surface area contributed by atoms with Crippen LogP contribution in [0.1, 0.15) is 30.6 Å². The SMILES string of the molecule is CC(Oc1cc(C#CC2(O)CCNC2)cnc1N)c1c(Cl)ccc(F)c1Cl. The molecule has 4 N–H and O–H groups in total. The number of anilines is 1. The summed E-state index contributed by atoms with van der Waals surface area (Å²) in [5, 5.41) is 13.5. The number of ether oxygens (including phenoxy) is 1. The molecule has 8 heteroatoms. The van der Waals surface area contributed by atoms with E-state index in [4.69, 9.17) is 33.7 Å². The maximum Gasteiger partial charge on any atom is 0.166 e. The Hall–Kier alpha value is -2.04. The molecule has 2 heterocycles. The van der Waals surface area contributed by atoms with Gasteiger partial charge >= 0.3 is 0 Å². The number of nitrogens with one attached hydrogen (secondary N) is 1. The molecule has 1 aromatic heterocycles. The van der Waals surface area contributed by atoms with Gasteiger partial charge in [0.05, 0.1) is 5.02 Å². The molecule has 0 bridgehead atoms. The third-order valence-corrected chi connectivity index (χ3v) is 4.96. The minimum atomic E-state index is -1.06. The zero-order chi connectivity index (χ0) is 19.6. The van der Waals surface area contributed by atoms with Crippen LogP contribution in [0, 0.1) is 17.7 Å². The van der Waals surface area contributed by atoms with Crippen LogP contribution in [0.2, 0.25) is 10.0 Å². The van der Waals surface area contributed by atoms with Gasteiger partial charge in [0.25, 0.3) is 0 Å². The lowest BCUT2D eigenvalue weighted by molar-refractivity contribution is 0.124. The van der Waals surface area contributed by atoms with E-state index in [-0.39, 0.29) is 21.6 Å². The molecule has 0 aliphatic carbocycles. The summed E-state index contributed by atoms with van der Waals surface area (Å²) in [6, 6.07) is 4.21. The van der Waals surface area contributed by atoms with Crippen molar-refractivity contribution >= 4 is 29.0 Å². The zero-order valence-corrected chi connectivity index (χ0v) is 16.0. The Balaban J connectivity index is 1.85. The lowest BCUT2D eigenvalue weighted by atomic mass is 10.0. The van der Waals surface area contributed by atoms with E-state index in [1.807, 2.05) is 0 Å². The number of halogens is 3. The average molecular weight is 410 g/mol. The van der Waals surface area contributed by atoms with Crippen molar-refractivity contribution in [3.8, 4) is 17.6 Å². The number of hydrogen-bond acceptors (Lipinski definition) is 5. The van der Waals surface area contributed by atoms with Gasteiger partial charge < -0.3 is 20.9 Å². The molecule has 142 valence electrons. The highest BCUT2D eigenvalue weighted by Crippen LogP contribution is 2.35. The summed E-state index contributed by atoms with van der Waals surface area (Å²) in [6.07, 6.45) is 1.38. The van der Waals surface area contributed by atoms with Crippen molar-refractivity contribution in [2.75, 3.05) is 18.8 Å². The van der Waals surface area contributed by atoms with E-state index < -0.39 is 17.5 Å². The molecule has 0 radical (unpaired) electrons. The van der Waals surface area contributed by atoms with Crippen LogP contribution < -0.4 is 15.8 Å². The Morgan fingerprint density at radius 1 is 1.44 bits per heavy atom. The third kappa shape index (κ3) is 4.45. The summed E-state index contributed by atoms with van der Waals surface area (Å²) in [4.78, 5) is 4.07. The smallest absolute Gasteiger partial charge is 0.166 e. The highest BCUT2D eigenvalue weighted by molar-refractivity contribution is 6.36. The van der Waals surface area contributed by atoms with Gasteiger partial charge in [0.1, 0.15) is 17.5 Å². The van der Waals surface area contributed by atoms with E-state index in [0.29, 0.717) is 30.6 Å². The summed E-state index contributed by atoms with van der Waals surface area (Å²) >= 11 is 12.2. The van der Waals surface area contributed by atoms with Crippen molar-refractivity contribution in [1.29, 1.82) is 0 Å². The Morgan fingerprint density at radius 2 is 2.22 bits per heavy atom. The number of nitrogen functional groups attached to an aromatic ring is 1. The Bertz CT molecular complexity index is 921. The van der Waals surface area contributed by atoms with Gasteiger partial charge in [-0.05, 0) is 25.6 Å². The molecular weight excluding hydrogens is 392 g/mol. The Kier molecular flexibility index (Phi) is 5.78. The van der Waals surface area contributed by atoms with Gasteiger partial charge in [-0.2, -0.15) is 0 Å². The van der Waals surface area contributed by atoms with Crippen molar-refractivity contribution in [1.82, 2.24) is 10.3 Å². The van der Waals surface area contributed by atoms with E-state index in [0.717, 1.165) is 0 Å². The van der Waals surface area contributed by atoms with Gasteiger partial charge in [0, 0.05) is 41.4 Å². The van der Waals surface area contributed by atoms with E-state index in [9.17, 15) is 9.50 Å². The first-order chi connectivity index (χ1) is 12.8. The maximum atomic E-state index is 13.8. The van der Waals surface area contributed by atoms with E-state index in [1.165, 1.54) is 18.3 Å². The lowest BCUT2D eigenvalue weighted by Crippen LogP contribution is -2.29. The number of nitrogens with two attached hydrogens (primary N) is 1. The minimum absolute atomic E-state index is 0.103. The van der Waals surface area contributed by atoms with Crippen LogP contribution in [-0.2, 0) is 0 Å². The van der Waals surface area contributed by atoms with Crippen LogP contribution in [0.25, 0.3) is 0 Å². The number of aliphatic hydroxyl groups is 1. The van der Waals surface area contributed by atoms with Gasteiger partial charge in [0.15, 0.2) is 11.6 Å². The zero-order valence-electron chi connectivity index (χ0n) is 14.5. The van der Waals surface area contributed by atoms with E-state index >= 15 is 0 Å². The Morgan fingerprint density at radius 3 is 2.93 bits per heavy atom. The normalized spacial score (nSPS) is 20.0. The third-order valence-electron chi connectivity index (χ3n) is 4.24. The van der Waals surface area contributed by atoms with Crippen molar-refractivity contribution in [3.05, 3.63) is 51.4 Å². The molecule has 0 saturated carbocycles. The Labute approximate surface area is 166 Å². The van der Waals surface area contributed by atoms with Crippen LogP contribution in [-0.4, -0.2) is 28.8 Å². The molecule has 1 aromatic carbocycles. The van der Waals surface area contributed by atoms with Crippen LogP contribution >= 0.6 is 23.2 Å². The number of benzene rings is 1. The molecule has 2 atom stereocenters. The first-order valence-electron chi connectivity index (χ1n) is 8.31. The molecule has 1 aliphatic rings. The molecule has 0 amide bonds. The molecule has 3 rings (SSSR count). The number of rotatable bonds is 3. The van der Waals surface area contributed by atoms with E-state index in [2.05, 4.69) is 22.1 Å². The highest BCUT2D eigenvalue weighted by Gasteiger charge is 2.28. The minimum Gasteiger partial charge on any atom is -0.482 e. The van der Waals surface area contributed by atoms with Crippen molar-refractivity contribution in [3.63, 3.8) is 0 Å². The van der Waals surface area contributed by atoms with Crippen LogP contribution in [0.15, 0.2) is 24.4 Å². The predicted octanol–water partition coefficient (Wildman–Crippen LogP) is 3.33. The predicted molar refractivity (Wildman–Crippen MR) is 103 cm³/mol. The second-order valence-electron chi connectivity index (χ2n) is 6.33. The largest absolute Gasteiger partial charge is 0.482 e. The molecule has 1 saturated heterocycles. The fourth-order valence-corrected chi connectivity index (χ4v) is 3.43. The summed E-state index contributed by atoms with van der Waals surface area (Å²) in [5.41, 5.74) is 5.68. The number of aromatic nitrogens is 1. The van der Waals surface area contributed by atoms with Gasteiger partial charge in [-0.3, -0.25) is 0 Å². The summed E-state index contributed by atoms with van der Waals surface area (Å²) in [7, 11) is 0. The van der Waals surface area contributed by atoms with Crippen molar-refractivity contribution in [2.45, 2.75) is 25.0 Å². The van der Waals surface area contributed by atoms with E-state index in [1.54, 1.807) is 13.0 Å². The maximum absolute atomic E-state index is 13.8. The van der Waals surface area contributed by atoms with Gasteiger partial charge in [0.2, 0.25) is 0 Å². The first-order valence-corrected chi connectivity index (χ1v) is 9.06. The monoisotopic (exact) mass is 409 g/mol. The molecule has 1 fully saturated rings. The quantitative estimate of drug-likeness (QED) is 0.535. The first kappa shape index (κ1) is 19.7. The fraction of sp³-hybridized carbons (Fsp3) is 0.316. The summed E-state index contributed by atoms with van der Waals surface area (Å²) in [6.45, 7) is 2.81. The second-order valence-corrected chi connectivity index (χ2v) is 7.12. The van der Waals surface area contributed by atoms with Crippen LogP contribution in [0.4, 0.5) is 10.2 Å². The van der Waals surface area contributed by atoms with Gasteiger partial charge in [-0.1, -0.05) is 35.0 Å². The highest BCUT2D eigenvalue weighted by atomic mass is 35.5. The summed E-state index contributed by atoms with van der Waals surface area (Å²) in [5.74, 6) is 5.56. The fourth-order valence-electron chi connectivity index (χ4n) is 2.76. The number of pyridine rings is 1. The molecule has 2 aromatic rings. The topological polar surface area (TPSA) is 80.4 Å². The van der Waals surface area contributed by atoms with Gasteiger partial charge in [-0.25, -0.2) is 9.37 Å². The molecule has 0 spiro atoms. The molecule has 1 aliphatic heterocycles. The number of nitrogens with zero attached hydrogens (tertiary/aromatic N) is 1. The van der Waals surface area contributed by atoms with Crippen LogP contribution in [0.5, 0.6) is 5.75 Å². The molecule has 2 unspecified atom stereocenters. The average Bonchev–Trinajstić information content (AvgIpc) is 3.06. The number of hydrogen-bond donors (Lipinski definition) is 3. The molecule has 5 nitrogen and oxygen atoms in total.